The lowest BCUT2D eigenvalue weighted by molar-refractivity contribution is -0.120. The molecule has 3 aliphatic rings. The number of thiophene rings is 1. The van der Waals surface area contributed by atoms with Crippen LogP contribution in [0.2, 0.25) is 0 Å². The van der Waals surface area contributed by atoms with Crippen molar-refractivity contribution in [2.24, 2.45) is 0 Å². The van der Waals surface area contributed by atoms with E-state index in [1.54, 1.807) is 17.4 Å². The number of benzene rings is 1. The second kappa shape index (κ2) is 8.85. The van der Waals surface area contributed by atoms with Gasteiger partial charge < -0.3 is 10.2 Å². The van der Waals surface area contributed by atoms with Crippen molar-refractivity contribution in [3.63, 3.8) is 0 Å². The lowest BCUT2D eigenvalue weighted by Crippen LogP contribution is -2.43. The van der Waals surface area contributed by atoms with E-state index in [0.29, 0.717) is 16.5 Å². The molecule has 1 N–H and O–H groups in total. The maximum Gasteiger partial charge on any atom is 0.263 e. The maximum atomic E-state index is 13.8. The van der Waals surface area contributed by atoms with Crippen molar-refractivity contribution in [1.82, 2.24) is 9.55 Å². The fourth-order valence-corrected chi connectivity index (χ4v) is 7.69. The van der Waals surface area contributed by atoms with Gasteiger partial charge in [0.05, 0.1) is 22.5 Å². The molecule has 0 saturated heterocycles. The molecular weight excluding hydrogens is 468 g/mol. The van der Waals surface area contributed by atoms with Gasteiger partial charge in [-0.05, 0) is 56.2 Å². The Morgan fingerprint density at radius 1 is 1.12 bits per heavy atom. The quantitative estimate of drug-likeness (QED) is 0.426. The van der Waals surface area contributed by atoms with Gasteiger partial charge in [0.25, 0.3) is 5.56 Å². The second-order valence-electron chi connectivity index (χ2n) is 9.23. The third-order valence-corrected chi connectivity index (χ3v) is 9.20. The van der Waals surface area contributed by atoms with Crippen LogP contribution in [0.4, 0.5) is 11.4 Å². The highest BCUT2D eigenvalue weighted by Crippen LogP contribution is 2.38. The summed E-state index contributed by atoms with van der Waals surface area (Å²) in [6.45, 7) is -0.00402. The molecule has 1 saturated carbocycles. The number of carbonyl (C=O) groups excluding carboxylic acids is 2. The van der Waals surface area contributed by atoms with Crippen LogP contribution in [0.15, 0.2) is 34.2 Å². The highest BCUT2D eigenvalue weighted by Gasteiger charge is 2.29. The molecule has 0 spiro atoms. The van der Waals surface area contributed by atoms with Crippen molar-refractivity contribution in [2.45, 2.75) is 62.6 Å². The number of fused-ring (bicyclic) bond motifs is 4. The number of thioether (sulfide) groups is 1. The number of aryl methyl sites for hydroxylation is 2. The Bertz CT molecular complexity index is 1360. The number of anilines is 2. The summed E-state index contributed by atoms with van der Waals surface area (Å²) in [6, 6.07) is 7.47. The topological polar surface area (TPSA) is 84.3 Å². The number of hydrogen-bond donors (Lipinski definition) is 1. The first-order chi connectivity index (χ1) is 16.6. The number of para-hydroxylation sites is 2. The summed E-state index contributed by atoms with van der Waals surface area (Å²) in [5.41, 5.74) is 2.62. The summed E-state index contributed by atoms with van der Waals surface area (Å²) in [5, 5.41) is 4.26. The molecule has 2 amide bonds. The monoisotopic (exact) mass is 494 g/mol. The molecule has 7 nitrogen and oxygen atoms in total. The van der Waals surface area contributed by atoms with Gasteiger partial charge in [-0.1, -0.05) is 36.7 Å². The van der Waals surface area contributed by atoms with Gasteiger partial charge in [0, 0.05) is 10.9 Å². The Balaban J connectivity index is 1.35. The lowest BCUT2D eigenvalue weighted by Gasteiger charge is -2.29. The minimum absolute atomic E-state index is 0.00402. The number of nitrogens with one attached hydrogen (secondary N) is 1. The third kappa shape index (κ3) is 3.75. The smallest absolute Gasteiger partial charge is 0.263 e. The van der Waals surface area contributed by atoms with Gasteiger partial charge in [-0.25, -0.2) is 4.98 Å². The molecular formula is C25H26N4O3S2. The van der Waals surface area contributed by atoms with E-state index in [2.05, 4.69) is 5.32 Å². The Labute approximate surface area is 205 Å². The molecule has 3 aromatic rings. The van der Waals surface area contributed by atoms with E-state index in [4.69, 9.17) is 4.98 Å². The predicted molar refractivity (Wildman–Crippen MR) is 136 cm³/mol. The molecule has 2 aliphatic carbocycles. The SMILES string of the molecule is O=C1CN(C(=O)CSc2nc3sc4c(c3c(=O)n2C2CCCC2)CCCC4)c2ccccc2N1. The van der Waals surface area contributed by atoms with E-state index in [1.807, 2.05) is 22.8 Å². The Morgan fingerprint density at radius 2 is 1.91 bits per heavy atom. The summed E-state index contributed by atoms with van der Waals surface area (Å²) in [4.78, 5) is 47.8. The number of amides is 2. The molecule has 1 aromatic carbocycles. The van der Waals surface area contributed by atoms with E-state index in [0.717, 1.165) is 61.6 Å². The summed E-state index contributed by atoms with van der Waals surface area (Å²) in [6.07, 6.45) is 8.44. The molecule has 0 unspecified atom stereocenters. The number of hydrogen-bond acceptors (Lipinski definition) is 6. The Hall–Kier alpha value is -2.65. The van der Waals surface area contributed by atoms with E-state index >= 15 is 0 Å². The molecule has 0 radical (unpaired) electrons. The average molecular weight is 495 g/mol. The highest BCUT2D eigenvalue weighted by atomic mass is 32.2. The van der Waals surface area contributed by atoms with Crippen molar-refractivity contribution < 1.29 is 9.59 Å². The van der Waals surface area contributed by atoms with Crippen molar-refractivity contribution in [1.29, 1.82) is 0 Å². The standard InChI is InChI=1S/C25H26N4O3S2/c30-20-13-28(18-11-5-4-10-17(18)26-20)21(31)14-33-25-27-23-22(16-9-3-6-12-19(16)34-23)24(32)29(25)15-7-1-2-8-15/h4-5,10-11,15H,1-3,6-9,12-14H2,(H,26,30). The van der Waals surface area contributed by atoms with Crippen LogP contribution < -0.4 is 15.8 Å². The molecule has 2 aromatic heterocycles. The number of carbonyl (C=O) groups is 2. The molecule has 3 heterocycles. The average Bonchev–Trinajstić information content (AvgIpc) is 3.50. The Morgan fingerprint density at radius 3 is 2.76 bits per heavy atom. The summed E-state index contributed by atoms with van der Waals surface area (Å²) < 4.78 is 1.88. The lowest BCUT2D eigenvalue weighted by atomic mass is 9.97. The summed E-state index contributed by atoms with van der Waals surface area (Å²) in [5.74, 6) is -0.245. The van der Waals surface area contributed by atoms with Crippen molar-refractivity contribution in [2.75, 3.05) is 22.5 Å². The zero-order chi connectivity index (χ0) is 23.2. The minimum atomic E-state index is -0.205. The van der Waals surface area contributed by atoms with Crippen molar-refractivity contribution in [3.8, 4) is 0 Å². The molecule has 0 bridgehead atoms. The van der Waals surface area contributed by atoms with E-state index in [1.165, 1.54) is 27.1 Å². The molecule has 1 aliphatic heterocycles. The van der Waals surface area contributed by atoms with Gasteiger partial charge in [-0.3, -0.25) is 19.0 Å². The van der Waals surface area contributed by atoms with Crippen molar-refractivity contribution >= 4 is 56.5 Å². The summed E-state index contributed by atoms with van der Waals surface area (Å²) >= 11 is 2.97. The summed E-state index contributed by atoms with van der Waals surface area (Å²) in [7, 11) is 0. The van der Waals surface area contributed by atoms with Crippen molar-refractivity contribution in [3.05, 3.63) is 45.1 Å². The first-order valence-electron chi connectivity index (χ1n) is 12.0. The zero-order valence-electron chi connectivity index (χ0n) is 18.8. The van der Waals surface area contributed by atoms with Crippen LogP contribution >= 0.6 is 23.1 Å². The predicted octanol–water partition coefficient (Wildman–Crippen LogP) is 4.53. The molecule has 6 rings (SSSR count). The van der Waals surface area contributed by atoms with Gasteiger partial charge in [0.2, 0.25) is 11.8 Å². The van der Waals surface area contributed by atoms with Crippen LogP contribution in [-0.4, -0.2) is 33.7 Å². The number of rotatable bonds is 4. The minimum Gasteiger partial charge on any atom is -0.323 e. The Kier molecular flexibility index (Phi) is 5.69. The molecule has 0 atom stereocenters. The van der Waals surface area contributed by atoms with E-state index in [9.17, 15) is 14.4 Å². The van der Waals surface area contributed by atoms with E-state index in [-0.39, 0.29) is 35.7 Å². The van der Waals surface area contributed by atoms with Crippen LogP contribution in [0.5, 0.6) is 0 Å². The molecule has 9 heteroatoms. The van der Waals surface area contributed by atoms with Gasteiger partial charge in [0.15, 0.2) is 5.16 Å². The van der Waals surface area contributed by atoms with Gasteiger partial charge in [-0.15, -0.1) is 11.3 Å². The van der Waals surface area contributed by atoms with Crippen LogP contribution in [-0.2, 0) is 22.4 Å². The third-order valence-electron chi connectivity index (χ3n) is 7.07. The number of aromatic nitrogens is 2. The second-order valence-corrected chi connectivity index (χ2v) is 11.3. The number of nitrogens with zero attached hydrogens (tertiary/aromatic N) is 3. The van der Waals surface area contributed by atoms with Crippen LogP contribution in [0.3, 0.4) is 0 Å². The largest absolute Gasteiger partial charge is 0.323 e. The molecule has 34 heavy (non-hydrogen) atoms. The van der Waals surface area contributed by atoms with Gasteiger partial charge in [-0.2, -0.15) is 0 Å². The molecule has 1 fully saturated rings. The first kappa shape index (κ1) is 21.9. The first-order valence-corrected chi connectivity index (χ1v) is 13.8. The van der Waals surface area contributed by atoms with Crippen LogP contribution in [0.1, 0.15) is 55.0 Å². The highest BCUT2D eigenvalue weighted by molar-refractivity contribution is 7.99. The molecule has 176 valence electrons. The van der Waals surface area contributed by atoms with Crippen LogP contribution in [0, 0.1) is 0 Å². The zero-order valence-corrected chi connectivity index (χ0v) is 20.5. The maximum absolute atomic E-state index is 13.8. The normalized spacial score (nSPS) is 18.1. The fraction of sp³-hybridized carbons (Fsp3) is 0.440. The van der Waals surface area contributed by atoms with Gasteiger partial charge >= 0.3 is 0 Å². The van der Waals surface area contributed by atoms with Gasteiger partial charge in [0.1, 0.15) is 11.4 Å². The van der Waals surface area contributed by atoms with E-state index < -0.39 is 0 Å². The van der Waals surface area contributed by atoms with Crippen LogP contribution in [0.25, 0.3) is 10.2 Å². The fourth-order valence-electron chi connectivity index (χ4n) is 5.45.